The maximum absolute atomic E-state index is 6.02. The third-order valence-corrected chi connectivity index (χ3v) is 4.12. The maximum atomic E-state index is 6.02. The molecule has 1 aromatic heterocycles. The number of fused-ring (bicyclic) bond motifs is 1. The van der Waals surface area contributed by atoms with Crippen LogP contribution in [0.4, 0.5) is 0 Å². The molecule has 0 unspecified atom stereocenters. The second kappa shape index (κ2) is 5.93. The van der Waals surface area contributed by atoms with Crippen molar-refractivity contribution >= 4 is 5.71 Å². The first-order valence-corrected chi connectivity index (χ1v) is 8.25. The lowest BCUT2D eigenvalue weighted by atomic mass is 9.97. The minimum atomic E-state index is -0.626. The van der Waals surface area contributed by atoms with Gasteiger partial charge in [0.1, 0.15) is 11.5 Å². The van der Waals surface area contributed by atoms with Crippen LogP contribution in [0.15, 0.2) is 35.5 Å². The minimum absolute atomic E-state index is 0.406. The fourth-order valence-electron chi connectivity index (χ4n) is 3.07. The summed E-state index contributed by atoms with van der Waals surface area (Å²) >= 11 is 0. The highest BCUT2D eigenvalue weighted by molar-refractivity contribution is 6.15. The van der Waals surface area contributed by atoms with E-state index in [0.717, 1.165) is 34.0 Å². The highest BCUT2D eigenvalue weighted by Gasteiger charge is 2.29. The van der Waals surface area contributed by atoms with Gasteiger partial charge in [0, 0.05) is 29.1 Å². The number of aryl methyl sites for hydroxylation is 1. The van der Waals surface area contributed by atoms with Gasteiger partial charge in [-0.1, -0.05) is 13.8 Å². The summed E-state index contributed by atoms with van der Waals surface area (Å²) in [7, 11) is 1.66. The fraction of sp³-hybridized carbons (Fsp3) is 0.400. The van der Waals surface area contributed by atoms with Crippen LogP contribution in [0.3, 0.4) is 0 Å². The summed E-state index contributed by atoms with van der Waals surface area (Å²) in [6, 6.07) is 8.00. The van der Waals surface area contributed by atoms with Crippen LogP contribution >= 0.6 is 0 Å². The summed E-state index contributed by atoms with van der Waals surface area (Å²) in [5, 5.41) is 0. The van der Waals surface area contributed by atoms with Gasteiger partial charge < -0.3 is 9.47 Å². The van der Waals surface area contributed by atoms with Gasteiger partial charge >= 0.3 is 0 Å². The molecule has 4 nitrogen and oxygen atoms in total. The Hall–Kier alpha value is -2.36. The van der Waals surface area contributed by atoms with Gasteiger partial charge in [0.2, 0.25) is 0 Å². The van der Waals surface area contributed by atoms with E-state index in [0.29, 0.717) is 5.92 Å². The number of rotatable bonds is 3. The number of nitrogens with zero attached hydrogens (tertiary/aromatic N) is 2. The minimum Gasteiger partial charge on any atom is -0.497 e. The molecule has 1 aromatic carbocycles. The van der Waals surface area contributed by atoms with Crippen molar-refractivity contribution in [2.75, 3.05) is 7.11 Å². The van der Waals surface area contributed by atoms with E-state index < -0.39 is 5.72 Å². The van der Waals surface area contributed by atoms with E-state index in [4.69, 9.17) is 14.5 Å². The summed E-state index contributed by atoms with van der Waals surface area (Å²) in [6.07, 6.45) is 1.91. The molecule has 0 saturated carbocycles. The summed E-state index contributed by atoms with van der Waals surface area (Å²) in [4.78, 5) is 9.47. The molecular formula is C20H24N2O2. The van der Waals surface area contributed by atoms with Crippen molar-refractivity contribution in [1.82, 2.24) is 4.98 Å². The van der Waals surface area contributed by atoms with Crippen LogP contribution in [-0.2, 0) is 0 Å². The number of hydrogen-bond acceptors (Lipinski definition) is 4. The monoisotopic (exact) mass is 324 g/mol. The van der Waals surface area contributed by atoms with Gasteiger partial charge in [-0.15, -0.1) is 0 Å². The zero-order valence-corrected chi connectivity index (χ0v) is 15.2. The van der Waals surface area contributed by atoms with Crippen LogP contribution in [-0.4, -0.2) is 23.5 Å². The lowest BCUT2D eigenvalue weighted by Gasteiger charge is -2.30. The average molecular weight is 324 g/mol. The van der Waals surface area contributed by atoms with E-state index in [1.165, 1.54) is 5.56 Å². The van der Waals surface area contributed by atoms with E-state index >= 15 is 0 Å². The fourth-order valence-corrected chi connectivity index (χ4v) is 3.07. The lowest BCUT2D eigenvalue weighted by Crippen LogP contribution is -2.32. The predicted octanol–water partition coefficient (Wildman–Crippen LogP) is 4.49. The second-order valence-corrected chi connectivity index (χ2v) is 6.95. The van der Waals surface area contributed by atoms with Crippen LogP contribution in [0.5, 0.6) is 11.5 Å². The maximum Gasteiger partial charge on any atom is 0.195 e. The first-order valence-electron chi connectivity index (χ1n) is 8.25. The van der Waals surface area contributed by atoms with Gasteiger partial charge in [-0.25, -0.2) is 4.99 Å². The van der Waals surface area contributed by atoms with Crippen LogP contribution in [0.25, 0.3) is 0 Å². The molecule has 0 fully saturated rings. The number of pyridine rings is 1. The summed E-state index contributed by atoms with van der Waals surface area (Å²) in [5.74, 6) is 1.97. The van der Waals surface area contributed by atoms with Crippen LogP contribution < -0.4 is 9.47 Å². The van der Waals surface area contributed by atoms with Gasteiger partial charge in [0.05, 0.1) is 12.8 Å². The molecule has 0 aliphatic carbocycles. The van der Waals surface area contributed by atoms with Crippen molar-refractivity contribution in [3.05, 3.63) is 52.8 Å². The molecule has 0 spiro atoms. The van der Waals surface area contributed by atoms with Crippen LogP contribution in [0, 0.1) is 6.92 Å². The third-order valence-electron chi connectivity index (χ3n) is 4.12. The molecule has 1 aliphatic rings. The number of methoxy groups -OCH3 is 1. The van der Waals surface area contributed by atoms with Gasteiger partial charge in [-0.05, 0) is 50.5 Å². The van der Waals surface area contributed by atoms with Gasteiger partial charge in [0.15, 0.2) is 5.72 Å². The molecule has 3 rings (SSSR count). The summed E-state index contributed by atoms with van der Waals surface area (Å²) in [6.45, 7) is 10.3. The number of aromatic nitrogens is 1. The SMILES string of the molecule is COc1ccc2c(c1)OC(C)(C)N=C2c1cnc(C(C)C)c(C)c1. The zero-order valence-electron chi connectivity index (χ0n) is 15.2. The molecule has 0 saturated heterocycles. The average Bonchev–Trinajstić information content (AvgIpc) is 2.52. The van der Waals surface area contributed by atoms with E-state index in [-0.39, 0.29) is 0 Å². The Morgan fingerprint density at radius 2 is 1.92 bits per heavy atom. The summed E-state index contributed by atoms with van der Waals surface area (Å²) in [5.41, 5.74) is 4.58. The molecule has 1 aliphatic heterocycles. The number of hydrogen-bond donors (Lipinski definition) is 0. The Morgan fingerprint density at radius 1 is 1.17 bits per heavy atom. The molecule has 2 heterocycles. The molecule has 126 valence electrons. The molecule has 0 bridgehead atoms. The van der Waals surface area contributed by atoms with E-state index in [9.17, 15) is 0 Å². The van der Waals surface area contributed by atoms with Crippen LogP contribution in [0.1, 0.15) is 56.0 Å². The molecule has 0 N–H and O–H groups in total. The Balaban J connectivity index is 2.13. The third kappa shape index (κ3) is 3.01. The van der Waals surface area contributed by atoms with Crippen molar-refractivity contribution in [1.29, 1.82) is 0 Å². The molecule has 0 amide bonds. The van der Waals surface area contributed by atoms with Crippen molar-refractivity contribution in [3.8, 4) is 11.5 Å². The highest BCUT2D eigenvalue weighted by Crippen LogP contribution is 2.35. The van der Waals surface area contributed by atoms with E-state index in [1.807, 2.05) is 38.2 Å². The number of ether oxygens (including phenoxy) is 2. The first kappa shape index (κ1) is 16.5. The summed E-state index contributed by atoms with van der Waals surface area (Å²) < 4.78 is 11.3. The Bertz CT molecular complexity index is 807. The molecule has 0 atom stereocenters. The Labute approximate surface area is 143 Å². The second-order valence-electron chi connectivity index (χ2n) is 6.95. The lowest BCUT2D eigenvalue weighted by molar-refractivity contribution is 0.115. The van der Waals surface area contributed by atoms with Crippen molar-refractivity contribution in [3.63, 3.8) is 0 Å². The first-order chi connectivity index (χ1) is 11.3. The van der Waals surface area contributed by atoms with Crippen molar-refractivity contribution in [2.24, 2.45) is 4.99 Å². The van der Waals surface area contributed by atoms with Gasteiger partial charge in [-0.3, -0.25) is 4.98 Å². The van der Waals surface area contributed by atoms with E-state index in [2.05, 4.69) is 31.8 Å². The van der Waals surface area contributed by atoms with Gasteiger partial charge in [0.25, 0.3) is 0 Å². The number of aliphatic imine (C=N–C) groups is 1. The molecule has 2 aromatic rings. The van der Waals surface area contributed by atoms with Crippen molar-refractivity contribution in [2.45, 2.75) is 46.3 Å². The van der Waals surface area contributed by atoms with Crippen LogP contribution in [0.2, 0.25) is 0 Å². The molecule has 24 heavy (non-hydrogen) atoms. The zero-order chi connectivity index (χ0) is 17.5. The standard InChI is InChI=1S/C20H24N2O2/c1-12(2)18-13(3)9-14(11-21-18)19-16-8-7-15(23-6)10-17(16)24-20(4,5)22-19/h7-12H,1-6H3. The van der Waals surface area contributed by atoms with E-state index in [1.54, 1.807) is 7.11 Å². The highest BCUT2D eigenvalue weighted by atomic mass is 16.5. The normalized spacial score (nSPS) is 15.5. The number of benzene rings is 1. The molecular weight excluding hydrogens is 300 g/mol. The quantitative estimate of drug-likeness (QED) is 0.835. The Morgan fingerprint density at radius 3 is 2.54 bits per heavy atom. The molecule has 0 radical (unpaired) electrons. The smallest absolute Gasteiger partial charge is 0.195 e. The predicted molar refractivity (Wildman–Crippen MR) is 96.4 cm³/mol. The van der Waals surface area contributed by atoms with Gasteiger partial charge in [-0.2, -0.15) is 0 Å². The largest absolute Gasteiger partial charge is 0.497 e. The van der Waals surface area contributed by atoms with Crippen molar-refractivity contribution < 1.29 is 9.47 Å². The topological polar surface area (TPSA) is 43.7 Å². The Kier molecular flexibility index (Phi) is 4.08. The molecule has 4 heteroatoms.